The number of nitrogens with one attached hydrogen (secondary N) is 1. The van der Waals surface area contributed by atoms with Gasteiger partial charge < -0.3 is 28.5 Å². The van der Waals surface area contributed by atoms with Crippen LogP contribution in [0.4, 0.5) is 0 Å². The minimum absolute atomic E-state index is 0.0288. The number of hydrogen-bond acceptors (Lipinski definition) is 7. The number of carbonyl (C=O) groups is 2. The molecule has 0 saturated carbocycles. The highest BCUT2D eigenvalue weighted by Crippen LogP contribution is 2.38. The van der Waals surface area contributed by atoms with E-state index in [0.29, 0.717) is 23.9 Å². The lowest BCUT2D eigenvalue weighted by atomic mass is 10.0. The number of hydrogen-bond donors (Lipinski definition) is 1. The Morgan fingerprint density at radius 2 is 0.928 bits per heavy atom. The molecule has 9 nitrogen and oxygen atoms in total. The van der Waals surface area contributed by atoms with Crippen molar-refractivity contribution < 1.29 is 37.3 Å². The highest BCUT2D eigenvalue weighted by molar-refractivity contribution is 7.45. The van der Waals surface area contributed by atoms with Gasteiger partial charge in [-0.1, -0.05) is 210 Å². The van der Waals surface area contributed by atoms with Gasteiger partial charge in [-0.3, -0.25) is 14.2 Å². The van der Waals surface area contributed by atoms with Crippen molar-refractivity contribution in [2.45, 2.75) is 264 Å². The Balaban J connectivity index is 5.42. The van der Waals surface area contributed by atoms with Gasteiger partial charge in [-0.05, 0) is 89.5 Å². The molecule has 10 heteroatoms. The second-order valence-corrected chi connectivity index (χ2v) is 21.8. The summed E-state index contributed by atoms with van der Waals surface area (Å²) in [6.07, 6.45) is 60.4. The monoisotopic (exact) mass is 989 g/mol. The number of phosphoric ester groups is 1. The molecular formula is C59H109N2O7P. The van der Waals surface area contributed by atoms with Crippen LogP contribution in [0, 0.1) is 0 Å². The van der Waals surface area contributed by atoms with Crippen LogP contribution >= 0.6 is 7.82 Å². The molecule has 3 atom stereocenters. The number of ether oxygens (including phenoxy) is 1. The van der Waals surface area contributed by atoms with Gasteiger partial charge in [-0.25, -0.2) is 0 Å². The zero-order valence-corrected chi connectivity index (χ0v) is 46.7. The van der Waals surface area contributed by atoms with Crippen LogP contribution < -0.4 is 10.2 Å². The van der Waals surface area contributed by atoms with Crippen LogP contribution in [0.2, 0.25) is 0 Å². The number of phosphoric acid groups is 1. The molecule has 1 N–H and O–H groups in total. The molecule has 0 heterocycles. The summed E-state index contributed by atoms with van der Waals surface area (Å²) < 4.78 is 30.2. The summed E-state index contributed by atoms with van der Waals surface area (Å²) in [5, 5.41) is 3.01. The third-order valence-corrected chi connectivity index (χ3v) is 13.4. The van der Waals surface area contributed by atoms with Crippen LogP contribution in [-0.2, 0) is 27.9 Å². The second kappa shape index (κ2) is 49.3. The molecule has 0 saturated heterocycles. The van der Waals surface area contributed by atoms with Crippen molar-refractivity contribution in [1.29, 1.82) is 0 Å². The van der Waals surface area contributed by atoms with Crippen molar-refractivity contribution in [3.8, 4) is 0 Å². The predicted molar refractivity (Wildman–Crippen MR) is 293 cm³/mol. The predicted octanol–water partition coefficient (Wildman–Crippen LogP) is 16.5. The van der Waals surface area contributed by atoms with Gasteiger partial charge >= 0.3 is 5.97 Å². The Bertz CT molecular complexity index is 1370. The fraction of sp³-hybridized carbons (Fsp3) is 0.797. The zero-order chi connectivity index (χ0) is 50.8. The van der Waals surface area contributed by atoms with Gasteiger partial charge in [0.2, 0.25) is 5.91 Å². The lowest BCUT2D eigenvalue weighted by molar-refractivity contribution is -0.870. The lowest BCUT2D eigenvalue weighted by Gasteiger charge is -2.30. The van der Waals surface area contributed by atoms with Crippen LogP contribution in [0.15, 0.2) is 60.8 Å². The summed E-state index contributed by atoms with van der Waals surface area (Å²) >= 11 is 0. The quantitative estimate of drug-likeness (QED) is 0.0212. The number of unbranched alkanes of at least 4 members (excludes halogenated alkanes) is 27. The average molecular weight is 990 g/mol. The third-order valence-electron chi connectivity index (χ3n) is 12.4. The van der Waals surface area contributed by atoms with Crippen LogP contribution in [0.25, 0.3) is 0 Å². The van der Waals surface area contributed by atoms with Gasteiger partial charge in [0.25, 0.3) is 7.82 Å². The van der Waals surface area contributed by atoms with E-state index in [1.165, 1.54) is 109 Å². The van der Waals surface area contributed by atoms with E-state index in [0.717, 1.165) is 103 Å². The van der Waals surface area contributed by atoms with E-state index < -0.39 is 26.6 Å². The maximum absolute atomic E-state index is 13.5. The van der Waals surface area contributed by atoms with Gasteiger partial charge in [0, 0.05) is 12.8 Å². The first-order valence-electron chi connectivity index (χ1n) is 28.6. The number of likely N-dealkylation sites (N-methyl/N-ethyl adjacent to an activating group) is 1. The van der Waals surface area contributed by atoms with Crippen molar-refractivity contribution in [3.63, 3.8) is 0 Å². The summed E-state index contributed by atoms with van der Waals surface area (Å²) in [7, 11) is 1.16. The number of esters is 1. The molecule has 69 heavy (non-hydrogen) atoms. The molecule has 0 aliphatic carbocycles. The molecular weight excluding hydrogens is 880 g/mol. The van der Waals surface area contributed by atoms with Gasteiger partial charge in [0.1, 0.15) is 19.3 Å². The van der Waals surface area contributed by atoms with Gasteiger partial charge in [0.15, 0.2) is 0 Å². The Hall–Kier alpha value is -2.29. The van der Waals surface area contributed by atoms with Crippen molar-refractivity contribution in [1.82, 2.24) is 5.32 Å². The molecule has 0 spiro atoms. The smallest absolute Gasteiger partial charge is 0.306 e. The molecule has 3 unspecified atom stereocenters. The molecule has 0 radical (unpaired) electrons. The number of quaternary nitrogens is 1. The highest BCUT2D eigenvalue weighted by Gasteiger charge is 2.27. The summed E-state index contributed by atoms with van der Waals surface area (Å²) in [4.78, 5) is 39.8. The number of nitrogens with zero attached hydrogens (tertiary/aromatic N) is 1. The van der Waals surface area contributed by atoms with E-state index in [9.17, 15) is 19.0 Å². The van der Waals surface area contributed by atoms with Gasteiger partial charge in [0.05, 0.1) is 33.8 Å². The molecule has 0 aliphatic heterocycles. The minimum Gasteiger partial charge on any atom is -0.756 e. The van der Waals surface area contributed by atoms with Crippen molar-refractivity contribution in [2.75, 3.05) is 40.9 Å². The molecule has 0 aliphatic rings. The molecule has 0 rings (SSSR count). The fourth-order valence-corrected chi connectivity index (χ4v) is 8.72. The Labute approximate surface area is 426 Å². The lowest BCUT2D eigenvalue weighted by Crippen LogP contribution is -2.47. The van der Waals surface area contributed by atoms with Crippen molar-refractivity contribution in [3.05, 3.63) is 60.8 Å². The first-order chi connectivity index (χ1) is 33.4. The SMILES string of the molecule is CC/C=C/C/C=C/C/C=C/CCCCCCC(=O)OC(/C=C/CCCCCCCCCCCCC)C(COP(=O)([O-])OCC[N+](C)(C)C)NC(=O)CCCCCCC/C=C/CCCCCCCCC. The van der Waals surface area contributed by atoms with E-state index >= 15 is 0 Å². The molecule has 0 bridgehead atoms. The third kappa shape index (κ3) is 50.4. The molecule has 1 amide bonds. The van der Waals surface area contributed by atoms with Gasteiger partial charge in [-0.2, -0.15) is 0 Å². The van der Waals surface area contributed by atoms with Crippen molar-refractivity contribution >= 4 is 19.7 Å². The normalized spacial score (nSPS) is 14.2. The molecule has 0 fully saturated rings. The average Bonchev–Trinajstić information content (AvgIpc) is 3.31. The number of amides is 1. The number of carbonyl (C=O) groups excluding carboxylic acids is 2. The number of rotatable bonds is 51. The Morgan fingerprint density at radius 3 is 1.41 bits per heavy atom. The summed E-state index contributed by atoms with van der Waals surface area (Å²) in [5.41, 5.74) is 0. The summed E-state index contributed by atoms with van der Waals surface area (Å²) in [6, 6.07) is -0.901. The maximum Gasteiger partial charge on any atom is 0.306 e. The molecule has 0 aromatic rings. The first-order valence-corrected chi connectivity index (χ1v) is 30.1. The zero-order valence-electron chi connectivity index (χ0n) is 45.8. The minimum atomic E-state index is -4.70. The fourth-order valence-electron chi connectivity index (χ4n) is 8.00. The van der Waals surface area contributed by atoms with Crippen LogP contribution in [0.1, 0.15) is 252 Å². The van der Waals surface area contributed by atoms with E-state index in [4.69, 9.17) is 13.8 Å². The summed E-state index contributed by atoms with van der Waals surface area (Å²) in [5.74, 6) is -0.575. The molecule has 0 aromatic carbocycles. The first kappa shape index (κ1) is 66.7. The Morgan fingerprint density at radius 1 is 0.522 bits per heavy atom. The van der Waals surface area contributed by atoms with Gasteiger partial charge in [-0.15, -0.1) is 0 Å². The largest absolute Gasteiger partial charge is 0.756 e. The number of allylic oxidation sites excluding steroid dienone is 9. The Kier molecular flexibility index (Phi) is 47.7. The van der Waals surface area contributed by atoms with Crippen LogP contribution in [0.3, 0.4) is 0 Å². The standard InChI is InChI=1S/C59H109N2O7P/c1-7-10-13-16-19-22-25-28-30-31-33-36-39-42-45-48-51-58(62)60-56(55-67-69(64,65)66-54-53-61(4,5)6)57(50-47-44-41-38-35-32-27-24-21-18-15-12-9-3)68-59(63)52-49-46-43-40-37-34-29-26-23-20-17-14-11-8-2/h11,14,20,23,29-31,34,47,50,56-57H,7-10,12-13,15-19,21-22,24-28,32-33,35-46,48-49,51-55H2,1-6H3,(H-,60,62,64,65)/b14-11+,23-20+,31-30+,34-29+,50-47+. The topological polar surface area (TPSA) is 114 Å². The van der Waals surface area contributed by atoms with E-state index in [2.05, 4.69) is 74.7 Å². The maximum atomic E-state index is 13.5. The van der Waals surface area contributed by atoms with Crippen LogP contribution in [-0.4, -0.2) is 69.4 Å². The van der Waals surface area contributed by atoms with E-state index in [1.807, 2.05) is 33.3 Å². The molecule has 402 valence electrons. The highest BCUT2D eigenvalue weighted by atomic mass is 31.2. The van der Waals surface area contributed by atoms with Crippen LogP contribution in [0.5, 0.6) is 0 Å². The van der Waals surface area contributed by atoms with Crippen molar-refractivity contribution in [2.24, 2.45) is 0 Å². The van der Waals surface area contributed by atoms with E-state index in [1.54, 1.807) is 0 Å². The second-order valence-electron chi connectivity index (χ2n) is 20.4. The molecule has 0 aromatic heterocycles. The van der Waals surface area contributed by atoms with E-state index in [-0.39, 0.29) is 24.9 Å². The summed E-state index contributed by atoms with van der Waals surface area (Å²) in [6.45, 7) is 6.70.